The molecule has 27 heavy (non-hydrogen) atoms. The van der Waals surface area contributed by atoms with Crippen molar-refractivity contribution in [2.45, 2.75) is 13.8 Å². The first-order chi connectivity index (χ1) is 13.1. The molecule has 0 fully saturated rings. The summed E-state index contributed by atoms with van der Waals surface area (Å²) in [5.74, 6) is 0. The first kappa shape index (κ1) is 17.4. The van der Waals surface area contributed by atoms with Gasteiger partial charge in [0.2, 0.25) is 0 Å². The largest absolute Gasteiger partial charge is 0.368 e. The van der Waals surface area contributed by atoms with Crippen molar-refractivity contribution in [1.82, 2.24) is 0 Å². The number of benzene rings is 3. The molecule has 0 radical (unpaired) electrons. The molecule has 2 nitrogen and oxygen atoms in total. The summed E-state index contributed by atoms with van der Waals surface area (Å²) < 4.78 is 0. The van der Waals surface area contributed by atoms with Gasteiger partial charge in [-0.3, -0.25) is 0 Å². The van der Waals surface area contributed by atoms with Crippen LogP contribution in [0.5, 0.6) is 0 Å². The minimum atomic E-state index is 0.993. The molecule has 0 unspecified atom stereocenters. The normalized spacial score (nSPS) is 13.3. The van der Waals surface area contributed by atoms with E-state index < -0.39 is 0 Å². The molecule has 0 saturated carbocycles. The van der Waals surface area contributed by atoms with Crippen LogP contribution in [0.15, 0.2) is 73.3 Å². The molecule has 0 atom stereocenters. The second-order valence-electron chi connectivity index (χ2n) is 7.16. The van der Waals surface area contributed by atoms with Gasteiger partial charge in [0.25, 0.3) is 0 Å². The van der Waals surface area contributed by atoms with E-state index in [1.807, 2.05) is 0 Å². The Morgan fingerprint density at radius 3 is 2.67 bits per heavy atom. The molecule has 0 aromatic heterocycles. The number of anilines is 2. The molecule has 1 heterocycles. The van der Waals surface area contributed by atoms with E-state index in [1.165, 1.54) is 33.2 Å². The molecule has 1 aliphatic heterocycles. The van der Waals surface area contributed by atoms with Crippen molar-refractivity contribution in [3.05, 3.63) is 84.4 Å². The van der Waals surface area contributed by atoms with Crippen molar-refractivity contribution in [2.75, 3.05) is 29.9 Å². The van der Waals surface area contributed by atoms with E-state index in [1.54, 1.807) is 0 Å². The average Bonchev–Trinajstić information content (AvgIpc) is 2.72. The first-order valence-corrected chi connectivity index (χ1v) is 9.57. The van der Waals surface area contributed by atoms with Crippen molar-refractivity contribution in [1.29, 1.82) is 0 Å². The highest BCUT2D eigenvalue weighted by atomic mass is 15.1. The molecule has 0 spiro atoms. The third-order valence-corrected chi connectivity index (χ3v) is 5.64. The van der Waals surface area contributed by atoms with Gasteiger partial charge in [0.05, 0.1) is 0 Å². The predicted molar refractivity (Wildman–Crippen MR) is 119 cm³/mol. The van der Waals surface area contributed by atoms with E-state index in [-0.39, 0.29) is 0 Å². The molecule has 0 saturated heterocycles. The summed E-state index contributed by atoms with van der Waals surface area (Å²) >= 11 is 0. The molecule has 2 heteroatoms. The molecule has 3 aromatic carbocycles. The summed E-state index contributed by atoms with van der Waals surface area (Å²) in [7, 11) is 2.10. The van der Waals surface area contributed by atoms with Crippen LogP contribution >= 0.6 is 0 Å². The fraction of sp³-hybridized carbons (Fsp3) is 0.200. The summed E-state index contributed by atoms with van der Waals surface area (Å²) in [4.78, 5) is 4.60. The Balaban J connectivity index is 1.73. The lowest BCUT2D eigenvalue weighted by atomic mass is 9.98. The summed E-state index contributed by atoms with van der Waals surface area (Å²) in [6, 6.07) is 21.6. The van der Waals surface area contributed by atoms with E-state index in [4.69, 9.17) is 0 Å². The van der Waals surface area contributed by atoms with Gasteiger partial charge in [0.15, 0.2) is 0 Å². The standard InChI is InChI=1S/C25H26N2/c1-5-27-16-15-18(2)24-17-21(13-14-25(24)27)26(4)19(3)22-12-8-10-20-9-6-7-11-23(20)22/h6-15,17H,3,5,16H2,1-2,4H3. The topological polar surface area (TPSA) is 6.48 Å². The number of allylic oxidation sites excluding steroid dienone is 1. The van der Waals surface area contributed by atoms with Crippen LogP contribution < -0.4 is 9.80 Å². The lowest BCUT2D eigenvalue weighted by Crippen LogP contribution is -2.26. The SMILES string of the molecule is C=C(c1cccc2ccccc12)N(C)c1ccc2c(c1)C(C)=CCN2CC. The maximum absolute atomic E-state index is 4.41. The smallest absolute Gasteiger partial charge is 0.0446 e. The first-order valence-electron chi connectivity index (χ1n) is 9.57. The van der Waals surface area contributed by atoms with Gasteiger partial charge in [-0.1, -0.05) is 55.1 Å². The van der Waals surface area contributed by atoms with Crippen LogP contribution in [0.2, 0.25) is 0 Å². The van der Waals surface area contributed by atoms with Gasteiger partial charge in [0.1, 0.15) is 0 Å². The van der Waals surface area contributed by atoms with Crippen molar-refractivity contribution in [3.63, 3.8) is 0 Å². The van der Waals surface area contributed by atoms with E-state index in [0.29, 0.717) is 0 Å². The zero-order valence-electron chi connectivity index (χ0n) is 16.4. The quantitative estimate of drug-likeness (QED) is 0.551. The van der Waals surface area contributed by atoms with Gasteiger partial charge in [-0.25, -0.2) is 0 Å². The van der Waals surface area contributed by atoms with E-state index in [0.717, 1.165) is 24.5 Å². The lowest BCUT2D eigenvalue weighted by molar-refractivity contribution is 0.894. The Bertz CT molecular complexity index is 1040. The highest BCUT2D eigenvalue weighted by Gasteiger charge is 2.18. The summed E-state index contributed by atoms with van der Waals surface area (Å²) in [6.45, 7) is 10.8. The maximum Gasteiger partial charge on any atom is 0.0446 e. The second kappa shape index (κ2) is 6.96. The summed E-state index contributed by atoms with van der Waals surface area (Å²) in [6.07, 6.45) is 2.31. The van der Waals surface area contributed by atoms with Crippen LogP contribution in [0.4, 0.5) is 11.4 Å². The molecule has 0 bridgehead atoms. The van der Waals surface area contributed by atoms with Crippen LogP contribution in [-0.4, -0.2) is 20.1 Å². The third kappa shape index (κ3) is 3.02. The predicted octanol–water partition coefficient (Wildman–Crippen LogP) is 6.19. The molecule has 0 N–H and O–H groups in total. The van der Waals surface area contributed by atoms with Crippen LogP contribution in [0.3, 0.4) is 0 Å². The molecular formula is C25H26N2. The number of hydrogen-bond acceptors (Lipinski definition) is 2. The zero-order valence-corrected chi connectivity index (χ0v) is 16.4. The number of nitrogens with zero attached hydrogens (tertiary/aromatic N) is 2. The zero-order chi connectivity index (χ0) is 19.0. The van der Waals surface area contributed by atoms with Gasteiger partial charge in [-0.15, -0.1) is 0 Å². The van der Waals surface area contributed by atoms with E-state index in [9.17, 15) is 0 Å². The minimum Gasteiger partial charge on any atom is -0.368 e. The van der Waals surface area contributed by atoms with Crippen molar-refractivity contribution in [3.8, 4) is 0 Å². The van der Waals surface area contributed by atoms with Crippen LogP contribution in [0.1, 0.15) is 25.0 Å². The number of fused-ring (bicyclic) bond motifs is 2. The fourth-order valence-corrected chi connectivity index (χ4v) is 3.89. The van der Waals surface area contributed by atoms with Gasteiger partial charge < -0.3 is 9.80 Å². The van der Waals surface area contributed by atoms with E-state index in [2.05, 4.69) is 104 Å². The molecular weight excluding hydrogens is 328 g/mol. The van der Waals surface area contributed by atoms with Crippen LogP contribution in [0, 0.1) is 0 Å². The van der Waals surface area contributed by atoms with Crippen molar-refractivity contribution < 1.29 is 0 Å². The maximum atomic E-state index is 4.41. The molecule has 0 aliphatic carbocycles. The second-order valence-corrected chi connectivity index (χ2v) is 7.16. The van der Waals surface area contributed by atoms with Crippen LogP contribution in [0.25, 0.3) is 22.0 Å². The van der Waals surface area contributed by atoms with Crippen molar-refractivity contribution >= 4 is 33.4 Å². The Morgan fingerprint density at radius 1 is 1.07 bits per heavy atom. The van der Waals surface area contributed by atoms with Gasteiger partial charge in [-0.2, -0.15) is 0 Å². The Labute approximate surface area is 162 Å². The highest BCUT2D eigenvalue weighted by molar-refractivity contribution is 5.96. The molecule has 4 rings (SSSR count). The Morgan fingerprint density at radius 2 is 1.85 bits per heavy atom. The molecule has 0 amide bonds. The number of hydrogen-bond donors (Lipinski definition) is 0. The van der Waals surface area contributed by atoms with Gasteiger partial charge in [0, 0.05) is 48.3 Å². The summed E-state index contributed by atoms with van der Waals surface area (Å²) in [5, 5.41) is 2.48. The Kier molecular flexibility index (Phi) is 4.49. The number of rotatable bonds is 4. The lowest BCUT2D eigenvalue weighted by Gasteiger charge is -2.31. The molecule has 1 aliphatic rings. The van der Waals surface area contributed by atoms with Crippen molar-refractivity contribution in [2.24, 2.45) is 0 Å². The van der Waals surface area contributed by atoms with E-state index >= 15 is 0 Å². The molecule has 136 valence electrons. The highest BCUT2D eigenvalue weighted by Crippen LogP contribution is 2.36. The summed E-state index contributed by atoms with van der Waals surface area (Å²) in [5.41, 5.74) is 7.34. The third-order valence-electron chi connectivity index (χ3n) is 5.64. The van der Waals surface area contributed by atoms with Gasteiger partial charge in [-0.05, 0) is 48.4 Å². The number of likely N-dealkylation sites (N-methyl/N-ethyl adjacent to an activating group) is 1. The van der Waals surface area contributed by atoms with Crippen LogP contribution in [-0.2, 0) is 0 Å². The van der Waals surface area contributed by atoms with Gasteiger partial charge >= 0.3 is 0 Å². The Hall–Kier alpha value is -3.00. The fourth-order valence-electron chi connectivity index (χ4n) is 3.89. The minimum absolute atomic E-state index is 0.993. The molecule has 3 aromatic rings. The monoisotopic (exact) mass is 354 g/mol. The average molecular weight is 354 g/mol.